The van der Waals surface area contributed by atoms with E-state index in [0.29, 0.717) is 12.3 Å². The molecule has 0 amide bonds. The van der Waals surface area contributed by atoms with Gasteiger partial charge in [-0.1, -0.05) is 13.8 Å². The van der Waals surface area contributed by atoms with Crippen molar-refractivity contribution in [1.29, 1.82) is 0 Å². The van der Waals surface area contributed by atoms with Gasteiger partial charge in [-0.3, -0.25) is 4.57 Å². The average Bonchev–Trinajstić information content (AvgIpc) is 1.87. The van der Waals surface area contributed by atoms with E-state index < -0.39 is 7.37 Å². The molecule has 0 saturated heterocycles. The molecule has 2 nitrogen and oxygen atoms in total. The van der Waals surface area contributed by atoms with Crippen molar-refractivity contribution in [3.05, 3.63) is 0 Å². The van der Waals surface area contributed by atoms with Crippen LogP contribution in [0.5, 0.6) is 0 Å². The highest BCUT2D eigenvalue weighted by atomic mass is 31.2. The number of hydrogen-bond donors (Lipinski definition) is 0. The molecule has 8 heavy (non-hydrogen) atoms. The average molecular weight is 154 g/mol. The van der Waals surface area contributed by atoms with E-state index in [4.69, 9.17) is 4.31 Å². The summed E-state index contributed by atoms with van der Waals surface area (Å²) in [5.74, 6) is 0. The van der Waals surface area contributed by atoms with E-state index >= 15 is 0 Å². The molecule has 4 heteroatoms. The van der Waals surface area contributed by atoms with Crippen molar-refractivity contribution in [2.45, 2.75) is 13.8 Å². The van der Waals surface area contributed by atoms with Crippen LogP contribution in [0.4, 0.5) is 0 Å². The Kier molecular flexibility index (Phi) is 3.89. The van der Waals surface area contributed by atoms with Crippen LogP contribution in [-0.4, -0.2) is 12.3 Å². The predicted octanol–water partition coefficient (Wildman–Crippen LogP) is 2.11. The summed E-state index contributed by atoms with van der Waals surface area (Å²) in [6.45, 7) is 3.74. The summed E-state index contributed by atoms with van der Waals surface area (Å²) >= 11 is 0. The topological polar surface area (TPSA) is 26.3 Å². The second-order valence-corrected chi connectivity index (χ2v) is 5.29. The third-order valence-corrected chi connectivity index (χ3v) is 4.62. The minimum atomic E-state index is -2.20. The summed E-state index contributed by atoms with van der Waals surface area (Å²) in [7, 11) is -0.148. The van der Waals surface area contributed by atoms with E-state index in [9.17, 15) is 4.57 Å². The zero-order valence-electron chi connectivity index (χ0n) is 5.26. The van der Waals surface area contributed by atoms with Gasteiger partial charge in [-0.2, -0.15) is 0 Å². The van der Waals surface area contributed by atoms with Gasteiger partial charge < -0.3 is 4.31 Å². The lowest BCUT2D eigenvalue weighted by molar-refractivity contribution is 0.513. The van der Waals surface area contributed by atoms with E-state index in [1.165, 1.54) is 0 Å². The van der Waals surface area contributed by atoms with Crippen molar-refractivity contribution in [2.75, 3.05) is 12.3 Å². The summed E-state index contributed by atoms with van der Waals surface area (Å²) in [6, 6.07) is 0. The van der Waals surface area contributed by atoms with E-state index in [1.807, 2.05) is 13.8 Å². The molecule has 0 bridgehead atoms. The summed E-state index contributed by atoms with van der Waals surface area (Å²) in [4.78, 5) is 0. The molecule has 0 aliphatic carbocycles. The van der Waals surface area contributed by atoms with Gasteiger partial charge in [-0.25, -0.2) is 0 Å². The van der Waals surface area contributed by atoms with Crippen LogP contribution in [0.3, 0.4) is 0 Å². The lowest BCUT2D eigenvalue weighted by Crippen LogP contribution is -1.86. The lowest BCUT2D eigenvalue weighted by atomic mass is 11.0. The second-order valence-electron chi connectivity index (χ2n) is 1.55. The van der Waals surface area contributed by atoms with Gasteiger partial charge in [0.25, 0.3) is 0 Å². The first-order valence-corrected chi connectivity index (χ1v) is 5.11. The molecule has 0 aromatic heterocycles. The molecular weight excluding hydrogens is 142 g/mol. The van der Waals surface area contributed by atoms with Crippen LogP contribution in [0.1, 0.15) is 13.8 Å². The highest BCUT2D eigenvalue weighted by Gasteiger charge is 2.13. The minimum Gasteiger partial charge on any atom is -0.312 e. The number of hydrogen-bond acceptors (Lipinski definition) is 2. The van der Waals surface area contributed by atoms with Gasteiger partial charge in [-0.05, 0) is 0 Å². The van der Waals surface area contributed by atoms with Crippen molar-refractivity contribution in [1.82, 2.24) is 0 Å². The Morgan fingerprint density at radius 3 is 1.88 bits per heavy atom. The molecule has 0 fully saturated rings. The van der Waals surface area contributed by atoms with Gasteiger partial charge >= 0.3 is 0 Å². The maximum Gasteiger partial charge on any atom is 0.205 e. The van der Waals surface area contributed by atoms with Gasteiger partial charge in [0.1, 0.15) is 0 Å². The molecule has 1 atom stereocenters. The molecule has 0 aliphatic heterocycles. The molecule has 0 aromatic carbocycles. The van der Waals surface area contributed by atoms with E-state index in [0.717, 1.165) is 0 Å². The Morgan fingerprint density at radius 2 is 1.88 bits per heavy atom. The zero-order chi connectivity index (χ0) is 6.62. The van der Waals surface area contributed by atoms with E-state index in [2.05, 4.69) is 9.47 Å². The SMILES string of the molecule is CCP(=O)(CC)OP. The highest BCUT2D eigenvalue weighted by Crippen LogP contribution is 2.47. The van der Waals surface area contributed by atoms with Gasteiger partial charge in [0.2, 0.25) is 7.37 Å². The van der Waals surface area contributed by atoms with Crippen LogP contribution in [0, 0.1) is 0 Å². The Morgan fingerprint density at radius 1 is 1.50 bits per heavy atom. The first-order valence-electron chi connectivity index (χ1n) is 2.65. The van der Waals surface area contributed by atoms with Crippen molar-refractivity contribution >= 4 is 16.8 Å². The van der Waals surface area contributed by atoms with Crippen molar-refractivity contribution in [3.63, 3.8) is 0 Å². The normalized spacial score (nSPS) is 11.9. The summed E-state index contributed by atoms with van der Waals surface area (Å²) < 4.78 is 15.8. The fraction of sp³-hybridized carbons (Fsp3) is 1.00. The zero-order valence-corrected chi connectivity index (χ0v) is 7.30. The maximum atomic E-state index is 11.1. The van der Waals surface area contributed by atoms with Crippen LogP contribution < -0.4 is 0 Å². The Labute approximate surface area is 52.7 Å². The molecule has 0 heterocycles. The first kappa shape index (κ1) is 8.62. The smallest absolute Gasteiger partial charge is 0.205 e. The third-order valence-electron chi connectivity index (χ3n) is 1.16. The molecule has 1 unspecified atom stereocenters. The van der Waals surface area contributed by atoms with Crippen molar-refractivity contribution in [3.8, 4) is 0 Å². The minimum absolute atomic E-state index is 0.632. The van der Waals surface area contributed by atoms with Crippen LogP contribution in [0.15, 0.2) is 0 Å². The molecule has 0 N–H and O–H groups in total. The second kappa shape index (κ2) is 3.61. The van der Waals surface area contributed by atoms with E-state index in [1.54, 1.807) is 0 Å². The quantitative estimate of drug-likeness (QED) is 0.582. The Balaban J connectivity index is 3.79. The summed E-state index contributed by atoms with van der Waals surface area (Å²) in [5.41, 5.74) is 0. The van der Waals surface area contributed by atoms with E-state index in [-0.39, 0.29) is 0 Å². The van der Waals surface area contributed by atoms with Gasteiger partial charge in [0.05, 0.1) is 0 Å². The highest BCUT2D eigenvalue weighted by molar-refractivity contribution is 7.62. The fourth-order valence-electron chi connectivity index (χ4n) is 0.373. The molecule has 0 rings (SSSR count). The van der Waals surface area contributed by atoms with Gasteiger partial charge in [0, 0.05) is 21.8 Å². The van der Waals surface area contributed by atoms with Crippen LogP contribution in [0.25, 0.3) is 0 Å². The summed E-state index contributed by atoms with van der Waals surface area (Å²) in [6.07, 6.45) is 1.26. The van der Waals surface area contributed by atoms with Crippen LogP contribution in [-0.2, 0) is 8.88 Å². The molecule has 0 saturated carbocycles. The molecule has 0 spiro atoms. The fourth-order valence-corrected chi connectivity index (χ4v) is 2.01. The Hall–Kier alpha value is 0.620. The standard InChI is InChI=1S/C4H12O2P2/c1-3-8(5,4-2)6-7/h3-4,7H2,1-2H3. The predicted molar refractivity (Wildman–Crippen MR) is 39.5 cm³/mol. The lowest BCUT2D eigenvalue weighted by Gasteiger charge is -2.08. The van der Waals surface area contributed by atoms with Crippen molar-refractivity contribution in [2.24, 2.45) is 0 Å². The monoisotopic (exact) mass is 154 g/mol. The maximum absolute atomic E-state index is 11.1. The molecule has 0 aliphatic rings. The summed E-state index contributed by atoms with van der Waals surface area (Å²) in [5, 5.41) is 0. The Bertz CT molecular complexity index is 83.2. The van der Waals surface area contributed by atoms with Gasteiger partial charge in [0.15, 0.2) is 0 Å². The molecule has 50 valence electrons. The molecule has 0 aromatic rings. The van der Waals surface area contributed by atoms with Gasteiger partial charge in [-0.15, -0.1) is 0 Å². The molecule has 0 radical (unpaired) electrons. The molecular formula is C4H12O2P2. The number of rotatable bonds is 3. The first-order chi connectivity index (χ1) is 3.68. The van der Waals surface area contributed by atoms with Crippen LogP contribution in [0.2, 0.25) is 0 Å². The largest absolute Gasteiger partial charge is 0.312 e. The van der Waals surface area contributed by atoms with Crippen LogP contribution >= 0.6 is 16.8 Å². The third kappa shape index (κ3) is 2.26. The van der Waals surface area contributed by atoms with Crippen molar-refractivity contribution < 1.29 is 8.88 Å².